The number of nitrogens with one attached hydrogen (secondary N) is 1. The van der Waals surface area contributed by atoms with Gasteiger partial charge in [0, 0.05) is 18.7 Å². The summed E-state index contributed by atoms with van der Waals surface area (Å²) in [6.45, 7) is 0. The fourth-order valence-corrected chi connectivity index (χ4v) is 1.56. The molecule has 1 heterocycles. The van der Waals surface area contributed by atoms with Crippen molar-refractivity contribution in [1.29, 1.82) is 0 Å². The van der Waals surface area contributed by atoms with Gasteiger partial charge in [0.15, 0.2) is 17.3 Å². The minimum Gasteiger partial charge on any atom is -0.357 e. The molecule has 9 heteroatoms. The number of hydrogen-bond donors (Lipinski definition) is 1. The molecule has 0 bridgehead atoms. The Hall–Kier alpha value is -2.32. The molecule has 0 spiro atoms. The topological polar surface area (TPSA) is 37.8 Å². The maximum atomic E-state index is 13.6. The van der Waals surface area contributed by atoms with Crippen LogP contribution in [-0.2, 0) is 6.18 Å². The molecular formula is C12H7F6N3. The van der Waals surface area contributed by atoms with Crippen LogP contribution in [0.3, 0.4) is 0 Å². The largest absolute Gasteiger partial charge is 0.433 e. The van der Waals surface area contributed by atoms with E-state index in [2.05, 4.69) is 15.3 Å². The van der Waals surface area contributed by atoms with E-state index in [9.17, 15) is 26.3 Å². The summed E-state index contributed by atoms with van der Waals surface area (Å²) in [5, 5.41) is 2.28. The van der Waals surface area contributed by atoms with Gasteiger partial charge in [-0.25, -0.2) is 23.1 Å². The molecule has 0 unspecified atom stereocenters. The molecule has 0 aliphatic rings. The highest BCUT2D eigenvalue weighted by atomic mass is 19.4. The Bertz CT molecular complexity index is 683. The van der Waals surface area contributed by atoms with Crippen LogP contribution in [0.4, 0.5) is 32.3 Å². The maximum Gasteiger partial charge on any atom is 0.433 e. The Kier molecular flexibility index (Phi) is 3.75. The van der Waals surface area contributed by atoms with Gasteiger partial charge in [-0.2, -0.15) is 13.2 Å². The van der Waals surface area contributed by atoms with E-state index in [1.165, 1.54) is 7.05 Å². The SMILES string of the molecule is CNc1nc(-c2cc(F)c(F)cc2F)cc(C(F)(F)F)n1. The van der Waals surface area contributed by atoms with E-state index in [4.69, 9.17) is 0 Å². The highest BCUT2D eigenvalue weighted by Gasteiger charge is 2.34. The molecular weight excluding hydrogens is 300 g/mol. The average Bonchev–Trinajstić information content (AvgIpc) is 2.41. The van der Waals surface area contributed by atoms with Gasteiger partial charge in [0.1, 0.15) is 5.82 Å². The third-order valence-corrected chi connectivity index (χ3v) is 2.53. The highest BCUT2D eigenvalue weighted by molar-refractivity contribution is 5.62. The standard InChI is InChI=1S/C12H7F6N3/c1-19-11-20-9(4-10(21-11)12(16,17)18)5-2-7(14)8(15)3-6(5)13/h2-4H,1H3,(H,19,20,21). The molecule has 0 saturated carbocycles. The predicted molar refractivity (Wildman–Crippen MR) is 61.9 cm³/mol. The number of benzene rings is 1. The van der Waals surface area contributed by atoms with E-state index in [1.54, 1.807) is 0 Å². The van der Waals surface area contributed by atoms with Crippen LogP contribution in [0.25, 0.3) is 11.3 Å². The Morgan fingerprint density at radius 1 is 0.905 bits per heavy atom. The van der Waals surface area contributed by atoms with Gasteiger partial charge < -0.3 is 5.32 Å². The van der Waals surface area contributed by atoms with Crippen LogP contribution in [0, 0.1) is 17.5 Å². The minimum atomic E-state index is -4.79. The number of aromatic nitrogens is 2. The summed E-state index contributed by atoms with van der Waals surface area (Å²) in [6, 6.07) is 1.13. The van der Waals surface area contributed by atoms with Crippen LogP contribution in [0.5, 0.6) is 0 Å². The Morgan fingerprint density at radius 2 is 1.52 bits per heavy atom. The molecule has 1 N–H and O–H groups in total. The predicted octanol–water partition coefficient (Wildman–Crippen LogP) is 3.62. The van der Waals surface area contributed by atoms with Crippen LogP contribution in [0.15, 0.2) is 18.2 Å². The van der Waals surface area contributed by atoms with Crippen LogP contribution in [0.2, 0.25) is 0 Å². The molecule has 0 radical (unpaired) electrons. The first-order chi connectivity index (χ1) is 9.72. The van der Waals surface area contributed by atoms with E-state index in [-0.39, 0.29) is 6.07 Å². The molecule has 1 aromatic heterocycles. The van der Waals surface area contributed by atoms with Gasteiger partial charge in [0.2, 0.25) is 5.95 Å². The fourth-order valence-electron chi connectivity index (χ4n) is 1.56. The number of rotatable bonds is 2. The third kappa shape index (κ3) is 3.06. The summed E-state index contributed by atoms with van der Waals surface area (Å²) in [6.07, 6.45) is -4.79. The van der Waals surface area contributed by atoms with Crippen LogP contribution < -0.4 is 5.32 Å². The van der Waals surface area contributed by atoms with E-state index in [0.29, 0.717) is 12.1 Å². The zero-order valence-electron chi connectivity index (χ0n) is 10.4. The van der Waals surface area contributed by atoms with Gasteiger partial charge in [-0.3, -0.25) is 0 Å². The second kappa shape index (κ2) is 5.23. The molecule has 2 rings (SSSR count). The van der Waals surface area contributed by atoms with Gasteiger partial charge in [-0.15, -0.1) is 0 Å². The van der Waals surface area contributed by atoms with Crippen LogP contribution in [0.1, 0.15) is 5.69 Å². The van der Waals surface area contributed by atoms with Crippen molar-refractivity contribution in [3.05, 3.63) is 41.3 Å². The van der Waals surface area contributed by atoms with Crippen molar-refractivity contribution in [3.63, 3.8) is 0 Å². The van der Waals surface area contributed by atoms with Crippen molar-refractivity contribution >= 4 is 5.95 Å². The molecule has 21 heavy (non-hydrogen) atoms. The van der Waals surface area contributed by atoms with E-state index >= 15 is 0 Å². The number of nitrogens with zero attached hydrogens (tertiary/aromatic N) is 2. The summed E-state index contributed by atoms with van der Waals surface area (Å²) < 4.78 is 77.7. The summed E-state index contributed by atoms with van der Waals surface area (Å²) in [5.74, 6) is -4.51. The molecule has 0 aliphatic heterocycles. The maximum absolute atomic E-state index is 13.6. The van der Waals surface area contributed by atoms with E-state index in [0.717, 1.165) is 0 Å². The first-order valence-electron chi connectivity index (χ1n) is 5.51. The Balaban J connectivity index is 2.66. The summed E-state index contributed by atoms with van der Waals surface area (Å²) >= 11 is 0. The summed E-state index contributed by atoms with van der Waals surface area (Å²) in [4.78, 5) is 6.80. The molecule has 112 valence electrons. The van der Waals surface area contributed by atoms with Crippen LogP contribution in [-0.4, -0.2) is 17.0 Å². The molecule has 0 atom stereocenters. The molecule has 0 saturated heterocycles. The Morgan fingerprint density at radius 3 is 2.10 bits per heavy atom. The zero-order chi connectivity index (χ0) is 15.8. The lowest BCUT2D eigenvalue weighted by atomic mass is 10.1. The molecule has 0 aliphatic carbocycles. The van der Waals surface area contributed by atoms with Gasteiger partial charge in [0.05, 0.1) is 5.69 Å². The smallest absolute Gasteiger partial charge is 0.357 e. The van der Waals surface area contributed by atoms with Crippen molar-refractivity contribution in [1.82, 2.24) is 9.97 Å². The lowest BCUT2D eigenvalue weighted by Gasteiger charge is -2.11. The Labute approximate surface area is 114 Å². The van der Waals surface area contributed by atoms with Crippen molar-refractivity contribution in [2.45, 2.75) is 6.18 Å². The molecule has 0 amide bonds. The van der Waals surface area contributed by atoms with Gasteiger partial charge in [0.25, 0.3) is 0 Å². The highest BCUT2D eigenvalue weighted by Crippen LogP contribution is 2.32. The molecule has 3 nitrogen and oxygen atoms in total. The lowest BCUT2D eigenvalue weighted by Crippen LogP contribution is -2.11. The van der Waals surface area contributed by atoms with E-state index in [1.807, 2.05) is 0 Å². The molecule has 1 aromatic carbocycles. The number of alkyl halides is 3. The first kappa shape index (κ1) is 15.1. The number of anilines is 1. The van der Waals surface area contributed by atoms with Gasteiger partial charge >= 0.3 is 6.18 Å². The number of halogens is 6. The minimum absolute atomic E-state index is 0.235. The normalized spacial score (nSPS) is 11.6. The quantitative estimate of drug-likeness (QED) is 0.680. The fraction of sp³-hybridized carbons (Fsp3) is 0.167. The van der Waals surface area contributed by atoms with Gasteiger partial charge in [-0.1, -0.05) is 0 Å². The number of hydrogen-bond acceptors (Lipinski definition) is 3. The lowest BCUT2D eigenvalue weighted by molar-refractivity contribution is -0.141. The first-order valence-corrected chi connectivity index (χ1v) is 5.51. The van der Waals surface area contributed by atoms with Crippen molar-refractivity contribution < 1.29 is 26.3 Å². The monoisotopic (exact) mass is 307 g/mol. The molecule has 0 fully saturated rings. The summed E-state index contributed by atoms with van der Waals surface area (Å²) in [5.41, 5.74) is -2.45. The summed E-state index contributed by atoms with van der Waals surface area (Å²) in [7, 11) is 1.26. The zero-order valence-corrected chi connectivity index (χ0v) is 10.4. The van der Waals surface area contributed by atoms with E-state index < -0.39 is 46.5 Å². The second-order valence-electron chi connectivity index (χ2n) is 3.96. The second-order valence-corrected chi connectivity index (χ2v) is 3.96. The van der Waals surface area contributed by atoms with Crippen molar-refractivity contribution in [2.75, 3.05) is 12.4 Å². The van der Waals surface area contributed by atoms with Crippen LogP contribution >= 0.6 is 0 Å². The average molecular weight is 307 g/mol. The van der Waals surface area contributed by atoms with Gasteiger partial charge in [-0.05, 0) is 12.1 Å². The van der Waals surface area contributed by atoms with Crippen molar-refractivity contribution in [2.24, 2.45) is 0 Å². The molecule has 2 aromatic rings. The third-order valence-electron chi connectivity index (χ3n) is 2.53. The van der Waals surface area contributed by atoms with Crippen molar-refractivity contribution in [3.8, 4) is 11.3 Å².